The molecule has 2 rings (SSSR count). The average Bonchev–Trinajstić information content (AvgIpc) is 2.55. The summed E-state index contributed by atoms with van der Waals surface area (Å²) in [5, 5.41) is 10.5. The summed E-state index contributed by atoms with van der Waals surface area (Å²) >= 11 is 0. The highest BCUT2D eigenvalue weighted by Gasteiger charge is 2.10. The molecule has 0 radical (unpaired) electrons. The van der Waals surface area contributed by atoms with Crippen molar-refractivity contribution in [2.75, 3.05) is 0 Å². The van der Waals surface area contributed by atoms with Gasteiger partial charge in [0.25, 0.3) is 11.6 Å². The predicted octanol–water partition coefficient (Wildman–Crippen LogP) is 1.91. The highest BCUT2D eigenvalue weighted by atomic mass is 16.6. The molecular weight excluding hydrogens is 298 g/mol. The number of carbonyl (C=O) groups excluding carboxylic acids is 2. The predicted molar refractivity (Wildman–Crippen MR) is 83.6 cm³/mol. The van der Waals surface area contributed by atoms with E-state index >= 15 is 0 Å². The van der Waals surface area contributed by atoms with E-state index in [9.17, 15) is 19.7 Å². The number of aryl methyl sites for hydroxylation is 1. The molecule has 0 fully saturated rings. The summed E-state index contributed by atoms with van der Waals surface area (Å²) in [7, 11) is 0. The molecule has 2 amide bonds. The number of nitro benzene ring substituents is 1. The van der Waals surface area contributed by atoms with Gasteiger partial charge in [-0.05, 0) is 24.6 Å². The number of nitro groups is 1. The van der Waals surface area contributed by atoms with E-state index in [1.165, 1.54) is 24.3 Å². The summed E-state index contributed by atoms with van der Waals surface area (Å²) in [6.45, 7) is 1.95. The fourth-order valence-electron chi connectivity index (χ4n) is 1.87. The van der Waals surface area contributed by atoms with E-state index in [1.54, 1.807) is 0 Å². The van der Waals surface area contributed by atoms with Gasteiger partial charge in [-0.15, -0.1) is 0 Å². The van der Waals surface area contributed by atoms with Crippen molar-refractivity contribution in [1.29, 1.82) is 0 Å². The molecule has 0 aliphatic carbocycles. The summed E-state index contributed by atoms with van der Waals surface area (Å²) in [5.41, 5.74) is 6.62. The molecule has 0 unspecified atom stereocenters. The van der Waals surface area contributed by atoms with Gasteiger partial charge < -0.3 is 0 Å². The lowest BCUT2D eigenvalue weighted by molar-refractivity contribution is -0.384. The van der Waals surface area contributed by atoms with Crippen LogP contribution in [0.1, 0.15) is 21.5 Å². The van der Waals surface area contributed by atoms with Crippen molar-refractivity contribution in [3.8, 4) is 0 Å². The molecule has 2 N–H and O–H groups in total. The van der Waals surface area contributed by atoms with Crippen LogP contribution in [0.5, 0.6) is 0 Å². The minimum absolute atomic E-state index is 0.107. The monoisotopic (exact) mass is 313 g/mol. The third-order valence-corrected chi connectivity index (χ3v) is 3.14. The average molecular weight is 313 g/mol. The number of rotatable bonds is 4. The summed E-state index contributed by atoms with van der Waals surface area (Å²) in [6.07, 6.45) is 0.140. The van der Waals surface area contributed by atoms with Gasteiger partial charge >= 0.3 is 0 Å². The topological polar surface area (TPSA) is 101 Å². The molecular formula is C16H15N3O4. The fourth-order valence-corrected chi connectivity index (χ4v) is 1.87. The van der Waals surface area contributed by atoms with Crippen LogP contribution in [-0.2, 0) is 11.2 Å². The first kappa shape index (κ1) is 16.2. The standard InChI is InChI=1S/C16H15N3O4/c1-11-2-4-12(5-3-11)10-15(20)17-18-16(21)13-6-8-14(9-7-13)19(22)23/h2-9H,10H2,1H3,(H,17,20)(H,18,21). The van der Waals surface area contributed by atoms with Crippen molar-refractivity contribution in [2.24, 2.45) is 0 Å². The first-order valence-corrected chi connectivity index (χ1v) is 6.85. The maximum absolute atomic E-state index is 11.8. The highest BCUT2D eigenvalue weighted by Crippen LogP contribution is 2.11. The molecule has 0 heterocycles. The molecule has 2 aromatic rings. The van der Waals surface area contributed by atoms with Crippen molar-refractivity contribution in [1.82, 2.24) is 10.9 Å². The second kappa shape index (κ2) is 7.17. The van der Waals surface area contributed by atoms with Crippen LogP contribution in [0.3, 0.4) is 0 Å². The maximum atomic E-state index is 11.8. The zero-order valence-electron chi connectivity index (χ0n) is 12.4. The van der Waals surface area contributed by atoms with Crippen LogP contribution in [0.2, 0.25) is 0 Å². The van der Waals surface area contributed by atoms with E-state index in [0.717, 1.165) is 11.1 Å². The van der Waals surface area contributed by atoms with Crippen LogP contribution in [0.4, 0.5) is 5.69 Å². The van der Waals surface area contributed by atoms with E-state index in [1.807, 2.05) is 31.2 Å². The van der Waals surface area contributed by atoms with Crippen LogP contribution in [-0.4, -0.2) is 16.7 Å². The maximum Gasteiger partial charge on any atom is 0.269 e. The molecule has 0 aliphatic rings. The minimum atomic E-state index is -0.551. The van der Waals surface area contributed by atoms with Gasteiger partial charge in [-0.25, -0.2) is 0 Å². The zero-order chi connectivity index (χ0) is 16.8. The quantitative estimate of drug-likeness (QED) is 0.665. The Kier molecular flexibility index (Phi) is 5.03. The molecule has 0 spiro atoms. The number of nitrogens with zero attached hydrogens (tertiary/aromatic N) is 1. The normalized spacial score (nSPS) is 9.96. The van der Waals surface area contributed by atoms with E-state index in [0.29, 0.717) is 0 Å². The van der Waals surface area contributed by atoms with Crippen molar-refractivity contribution >= 4 is 17.5 Å². The Morgan fingerprint density at radius 3 is 2.17 bits per heavy atom. The second-order valence-corrected chi connectivity index (χ2v) is 4.97. The third-order valence-electron chi connectivity index (χ3n) is 3.14. The Bertz CT molecular complexity index is 724. The van der Waals surface area contributed by atoms with Crippen LogP contribution >= 0.6 is 0 Å². The summed E-state index contributed by atoms with van der Waals surface area (Å²) in [6, 6.07) is 12.6. The van der Waals surface area contributed by atoms with Gasteiger partial charge in [-0.3, -0.25) is 30.6 Å². The van der Waals surface area contributed by atoms with Gasteiger partial charge in [0.15, 0.2) is 0 Å². The van der Waals surface area contributed by atoms with Gasteiger partial charge in [0.2, 0.25) is 5.91 Å². The van der Waals surface area contributed by atoms with Crippen molar-refractivity contribution in [3.05, 3.63) is 75.3 Å². The third kappa shape index (κ3) is 4.63. The number of hydrogen-bond donors (Lipinski definition) is 2. The lowest BCUT2D eigenvalue weighted by atomic mass is 10.1. The molecule has 23 heavy (non-hydrogen) atoms. The molecule has 2 aromatic carbocycles. The smallest absolute Gasteiger partial charge is 0.269 e. The van der Waals surface area contributed by atoms with E-state index < -0.39 is 10.8 Å². The number of benzene rings is 2. The second-order valence-electron chi connectivity index (χ2n) is 4.97. The molecule has 0 saturated carbocycles. The van der Waals surface area contributed by atoms with Crippen molar-refractivity contribution in [2.45, 2.75) is 13.3 Å². The molecule has 7 heteroatoms. The van der Waals surface area contributed by atoms with Gasteiger partial charge in [0, 0.05) is 17.7 Å². The Balaban J connectivity index is 1.87. The molecule has 0 aliphatic heterocycles. The molecule has 118 valence electrons. The molecule has 0 saturated heterocycles. The van der Waals surface area contributed by atoms with Crippen molar-refractivity contribution < 1.29 is 14.5 Å². The SMILES string of the molecule is Cc1ccc(CC(=O)NNC(=O)c2ccc([N+](=O)[O-])cc2)cc1. The Labute approximate surface area is 132 Å². The zero-order valence-corrected chi connectivity index (χ0v) is 12.4. The Hall–Kier alpha value is -3.22. The van der Waals surface area contributed by atoms with Crippen LogP contribution in [0, 0.1) is 17.0 Å². The molecule has 0 atom stereocenters. The number of hydrogen-bond acceptors (Lipinski definition) is 4. The van der Waals surface area contributed by atoms with Crippen LogP contribution < -0.4 is 10.9 Å². The first-order valence-electron chi connectivity index (χ1n) is 6.85. The molecule has 0 aromatic heterocycles. The number of non-ortho nitro benzene ring substituents is 1. The van der Waals surface area contributed by atoms with E-state index in [-0.39, 0.29) is 23.6 Å². The van der Waals surface area contributed by atoms with E-state index in [4.69, 9.17) is 0 Å². The fraction of sp³-hybridized carbons (Fsp3) is 0.125. The van der Waals surface area contributed by atoms with E-state index in [2.05, 4.69) is 10.9 Å². The van der Waals surface area contributed by atoms with Gasteiger partial charge in [0.05, 0.1) is 11.3 Å². The Morgan fingerprint density at radius 2 is 1.61 bits per heavy atom. The van der Waals surface area contributed by atoms with Gasteiger partial charge in [-0.1, -0.05) is 29.8 Å². The number of carbonyl (C=O) groups is 2. The lowest BCUT2D eigenvalue weighted by Gasteiger charge is -2.07. The minimum Gasteiger partial charge on any atom is -0.273 e. The summed E-state index contributed by atoms with van der Waals surface area (Å²) < 4.78 is 0. The molecule has 7 nitrogen and oxygen atoms in total. The number of amides is 2. The van der Waals surface area contributed by atoms with Crippen molar-refractivity contribution in [3.63, 3.8) is 0 Å². The largest absolute Gasteiger partial charge is 0.273 e. The summed E-state index contributed by atoms with van der Waals surface area (Å²) in [4.78, 5) is 33.6. The van der Waals surface area contributed by atoms with Crippen LogP contribution in [0.25, 0.3) is 0 Å². The molecule has 0 bridgehead atoms. The van der Waals surface area contributed by atoms with Crippen LogP contribution in [0.15, 0.2) is 48.5 Å². The lowest BCUT2D eigenvalue weighted by Crippen LogP contribution is -2.42. The summed E-state index contributed by atoms with van der Waals surface area (Å²) in [5.74, 6) is -0.902. The first-order chi connectivity index (χ1) is 11.0. The Morgan fingerprint density at radius 1 is 1.00 bits per heavy atom. The number of hydrazine groups is 1. The van der Waals surface area contributed by atoms with Gasteiger partial charge in [0.1, 0.15) is 0 Å². The highest BCUT2D eigenvalue weighted by molar-refractivity contribution is 5.95. The number of nitrogens with one attached hydrogen (secondary N) is 2. The van der Waals surface area contributed by atoms with Gasteiger partial charge in [-0.2, -0.15) is 0 Å².